The van der Waals surface area contributed by atoms with E-state index >= 15 is 0 Å². The molecule has 1 aromatic heterocycles. The molecular formula is C60H38N2. The first kappa shape index (κ1) is 34.9. The summed E-state index contributed by atoms with van der Waals surface area (Å²) >= 11 is 0. The number of nitrogens with zero attached hydrogens (tertiary/aromatic N) is 2. The van der Waals surface area contributed by atoms with Crippen molar-refractivity contribution in [2.24, 2.45) is 0 Å². The number of hydrogen-bond acceptors (Lipinski definition) is 2. The van der Waals surface area contributed by atoms with Gasteiger partial charge in [-0.3, -0.25) is 0 Å². The Kier molecular flexibility index (Phi) is 7.47. The highest BCUT2D eigenvalue weighted by Gasteiger charge is 2.59. The molecule has 0 saturated carbocycles. The minimum Gasteiger partial charge on any atom is -0.228 e. The Hall–Kier alpha value is -7.94. The van der Waals surface area contributed by atoms with E-state index in [2.05, 4.69) is 231 Å². The van der Waals surface area contributed by atoms with Gasteiger partial charge in [0.05, 0.1) is 22.2 Å². The normalized spacial score (nSPS) is 14.1. The zero-order chi connectivity index (χ0) is 40.8. The van der Waals surface area contributed by atoms with Gasteiger partial charge >= 0.3 is 0 Å². The molecule has 13 rings (SSSR count). The Labute approximate surface area is 361 Å². The Morgan fingerprint density at radius 1 is 0.242 bits per heavy atom. The highest BCUT2D eigenvalue weighted by atomic mass is 14.9. The second-order valence-corrected chi connectivity index (χ2v) is 16.7. The predicted molar refractivity (Wildman–Crippen MR) is 252 cm³/mol. The van der Waals surface area contributed by atoms with E-state index in [1.54, 1.807) is 0 Å². The van der Waals surface area contributed by atoms with E-state index in [4.69, 9.17) is 9.97 Å². The van der Waals surface area contributed by atoms with Gasteiger partial charge in [0.25, 0.3) is 0 Å². The smallest absolute Gasteiger partial charge is 0.160 e. The summed E-state index contributed by atoms with van der Waals surface area (Å²) in [6, 6.07) is 84.6. The van der Waals surface area contributed by atoms with E-state index in [-0.39, 0.29) is 0 Å². The summed E-state index contributed by atoms with van der Waals surface area (Å²) in [6.07, 6.45) is 0. The van der Waals surface area contributed by atoms with Gasteiger partial charge in [-0.15, -0.1) is 0 Å². The van der Waals surface area contributed by atoms with Crippen LogP contribution in [-0.2, 0) is 10.8 Å². The van der Waals surface area contributed by atoms with Gasteiger partial charge in [0, 0.05) is 16.7 Å². The van der Waals surface area contributed by atoms with Crippen molar-refractivity contribution in [1.29, 1.82) is 0 Å². The number of rotatable bonds is 4. The van der Waals surface area contributed by atoms with Gasteiger partial charge in [0.1, 0.15) is 0 Å². The predicted octanol–water partition coefficient (Wildman–Crippen LogP) is 14.2. The van der Waals surface area contributed by atoms with Gasteiger partial charge in [-0.05, 0) is 84.0 Å². The van der Waals surface area contributed by atoms with Gasteiger partial charge in [-0.2, -0.15) is 0 Å². The fraction of sp³-hybridized carbons (Fsp3) is 0.0333. The van der Waals surface area contributed by atoms with E-state index in [1.165, 1.54) is 77.9 Å². The van der Waals surface area contributed by atoms with Crippen LogP contribution >= 0.6 is 0 Å². The molecular weight excluding hydrogens is 749 g/mol. The molecule has 3 aliphatic rings. The summed E-state index contributed by atoms with van der Waals surface area (Å²) < 4.78 is 0. The van der Waals surface area contributed by atoms with Crippen LogP contribution in [0.25, 0.3) is 67.3 Å². The Morgan fingerprint density at radius 2 is 0.581 bits per heavy atom. The fourth-order valence-corrected chi connectivity index (χ4v) is 11.4. The summed E-state index contributed by atoms with van der Waals surface area (Å²) in [5.74, 6) is 0.709. The molecule has 0 fully saturated rings. The third-order valence-electron chi connectivity index (χ3n) is 13.8. The molecule has 288 valence electrons. The quantitative estimate of drug-likeness (QED) is 0.178. The first-order chi connectivity index (χ1) is 30.8. The van der Waals surface area contributed by atoms with Crippen molar-refractivity contribution in [2.75, 3.05) is 0 Å². The van der Waals surface area contributed by atoms with E-state index in [0.29, 0.717) is 5.82 Å². The molecule has 2 spiro atoms. The zero-order valence-corrected chi connectivity index (χ0v) is 33.8. The van der Waals surface area contributed by atoms with Crippen LogP contribution in [-0.4, -0.2) is 9.97 Å². The maximum absolute atomic E-state index is 5.62. The SMILES string of the molecule is c1ccc(-c2ccc(-c3cc(-c4ccccc4)nc(-c4cccc5c4C4(c6ccccc6-c6ccccc64)c4ccccc4C54c5ccccc5-c5ccccc54)n3)cc2)cc1. The van der Waals surface area contributed by atoms with Crippen LogP contribution in [0.15, 0.2) is 231 Å². The van der Waals surface area contributed by atoms with Crippen LogP contribution in [0.2, 0.25) is 0 Å². The largest absolute Gasteiger partial charge is 0.228 e. The van der Waals surface area contributed by atoms with E-state index in [0.717, 1.165) is 28.1 Å². The lowest BCUT2D eigenvalue weighted by Gasteiger charge is -2.49. The summed E-state index contributed by atoms with van der Waals surface area (Å²) in [5.41, 5.74) is 21.4. The second-order valence-electron chi connectivity index (χ2n) is 16.7. The average molecular weight is 787 g/mol. The van der Waals surface area contributed by atoms with Crippen LogP contribution in [0.4, 0.5) is 0 Å². The van der Waals surface area contributed by atoms with Gasteiger partial charge in [0.2, 0.25) is 0 Å². The summed E-state index contributed by atoms with van der Waals surface area (Å²) in [7, 11) is 0. The maximum atomic E-state index is 5.62. The van der Waals surface area contributed by atoms with Crippen LogP contribution < -0.4 is 0 Å². The molecule has 0 amide bonds. The lowest BCUT2D eigenvalue weighted by molar-refractivity contribution is 0.634. The van der Waals surface area contributed by atoms with Crippen LogP contribution in [0, 0.1) is 0 Å². The van der Waals surface area contributed by atoms with Crippen molar-refractivity contribution in [3.63, 3.8) is 0 Å². The molecule has 9 aromatic carbocycles. The molecule has 2 heteroatoms. The second kappa shape index (κ2) is 13.3. The standard InChI is InChI=1S/C60H38N2/c1-3-18-39(19-4-1)40-34-36-42(37-35-40)56-38-55(41-20-5-2-6-21-41)61-58(62-56)47-26-17-33-54-57(47)60(50-29-13-9-24-45(50)46-25-10-14-30-51(46)60)53-32-16-15-31-52(53)59(54)48-27-11-7-22-43(48)44-23-8-12-28-49(44)59/h1-38H. The van der Waals surface area contributed by atoms with Gasteiger partial charge in [-0.25, -0.2) is 9.97 Å². The first-order valence-electron chi connectivity index (χ1n) is 21.5. The highest BCUT2D eigenvalue weighted by molar-refractivity contribution is 5.96. The van der Waals surface area contributed by atoms with E-state index < -0.39 is 10.8 Å². The Balaban J connectivity index is 1.17. The number of benzene rings is 9. The number of aromatic nitrogens is 2. The monoisotopic (exact) mass is 786 g/mol. The topological polar surface area (TPSA) is 25.8 Å². The summed E-state index contributed by atoms with van der Waals surface area (Å²) in [4.78, 5) is 11.2. The van der Waals surface area contributed by atoms with Gasteiger partial charge < -0.3 is 0 Å². The van der Waals surface area contributed by atoms with Crippen molar-refractivity contribution in [2.45, 2.75) is 10.8 Å². The van der Waals surface area contributed by atoms with Gasteiger partial charge in [0.15, 0.2) is 5.82 Å². The molecule has 0 bridgehead atoms. The molecule has 2 nitrogen and oxygen atoms in total. The number of fused-ring (bicyclic) bond motifs is 16. The zero-order valence-electron chi connectivity index (χ0n) is 33.8. The lowest BCUT2D eigenvalue weighted by atomic mass is 9.51. The van der Waals surface area contributed by atoms with Crippen molar-refractivity contribution >= 4 is 0 Å². The molecule has 0 aliphatic heterocycles. The van der Waals surface area contributed by atoms with Crippen LogP contribution in [0.5, 0.6) is 0 Å². The van der Waals surface area contributed by atoms with Crippen molar-refractivity contribution < 1.29 is 0 Å². The molecule has 0 unspecified atom stereocenters. The first-order valence-corrected chi connectivity index (χ1v) is 21.5. The Bertz CT molecular complexity index is 3310. The third kappa shape index (κ3) is 4.64. The number of hydrogen-bond donors (Lipinski definition) is 0. The van der Waals surface area contributed by atoms with Crippen LogP contribution in [0.1, 0.15) is 44.5 Å². The van der Waals surface area contributed by atoms with Gasteiger partial charge in [-0.1, -0.05) is 224 Å². The summed E-state index contributed by atoms with van der Waals surface area (Å²) in [6.45, 7) is 0. The molecule has 62 heavy (non-hydrogen) atoms. The van der Waals surface area contributed by atoms with Crippen LogP contribution in [0.3, 0.4) is 0 Å². The lowest BCUT2D eigenvalue weighted by Crippen LogP contribution is -2.44. The maximum Gasteiger partial charge on any atom is 0.160 e. The van der Waals surface area contributed by atoms with E-state index in [1.807, 2.05) is 0 Å². The molecule has 0 saturated heterocycles. The van der Waals surface area contributed by atoms with Crippen molar-refractivity contribution in [1.82, 2.24) is 9.97 Å². The molecule has 10 aromatic rings. The molecule has 1 heterocycles. The van der Waals surface area contributed by atoms with Crippen molar-refractivity contribution in [3.05, 3.63) is 275 Å². The summed E-state index contributed by atoms with van der Waals surface area (Å²) in [5, 5.41) is 0. The third-order valence-corrected chi connectivity index (χ3v) is 13.8. The molecule has 0 N–H and O–H groups in total. The highest BCUT2D eigenvalue weighted by Crippen LogP contribution is 2.68. The molecule has 0 radical (unpaired) electrons. The van der Waals surface area contributed by atoms with E-state index in [9.17, 15) is 0 Å². The minimum atomic E-state index is -0.670. The molecule has 0 atom stereocenters. The Morgan fingerprint density at radius 3 is 1.10 bits per heavy atom. The fourth-order valence-electron chi connectivity index (χ4n) is 11.4. The van der Waals surface area contributed by atoms with Crippen molar-refractivity contribution in [3.8, 4) is 67.3 Å². The molecule has 3 aliphatic carbocycles. The average Bonchev–Trinajstić information content (AvgIpc) is 3.82. The minimum absolute atomic E-state index is 0.597.